The smallest absolute Gasteiger partial charge is 0.225 e. The summed E-state index contributed by atoms with van der Waals surface area (Å²) < 4.78 is 0. The molecule has 2 N–H and O–H groups in total. The maximum atomic E-state index is 11.4. The van der Waals surface area contributed by atoms with Crippen molar-refractivity contribution in [2.24, 2.45) is 0 Å². The molecular formula is C12H15ClN4OS. The number of nitrogens with one attached hydrogen (secondary N) is 2. The van der Waals surface area contributed by atoms with Gasteiger partial charge in [0.1, 0.15) is 10.6 Å². The number of nitrogens with zero attached hydrogens (tertiary/aromatic N) is 2. The van der Waals surface area contributed by atoms with Crippen LogP contribution >= 0.6 is 22.9 Å². The minimum Gasteiger partial charge on any atom is -0.369 e. The molecule has 0 saturated carbocycles. The van der Waals surface area contributed by atoms with E-state index in [1.165, 1.54) is 0 Å². The second kappa shape index (κ2) is 6.16. The van der Waals surface area contributed by atoms with E-state index in [-0.39, 0.29) is 11.2 Å². The van der Waals surface area contributed by atoms with E-state index in [1.54, 1.807) is 11.3 Å². The lowest BCUT2D eigenvalue weighted by Gasteiger charge is -2.07. The molecule has 0 spiro atoms. The highest BCUT2D eigenvalue weighted by atomic mass is 35.5. The molecule has 0 aliphatic carbocycles. The molecule has 0 aliphatic rings. The molecule has 2 heterocycles. The molecule has 0 radical (unpaired) electrons. The summed E-state index contributed by atoms with van der Waals surface area (Å²) >= 11 is 7.46. The first-order valence-electron chi connectivity index (χ1n) is 6.04. The van der Waals surface area contributed by atoms with Crippen molar-refractivity contribution in [2.75, 3.05) is 18.4 Å². The zero-order valence-corrected chi connectivity index (χ0v) is 12.4. The van der Waals surface area contributed by atoms with E-state index in [9.17, 15) is 4.79 Å². The Morgan fingerprint density at radius 1 is 1.47 bits per heavy atom. The molecule has 0 aromatic carbocycles. The van der Waals surface area contributed by atoms with Crippen LogP contribution < -0.4 is 10.6 Å². The van der Waals surface area contributed by atoms with Gasteiger partial charge in [-0.3, -0.25) is 4.79 Å². The van der Waals surface area contributed by atoms with Gasteiger partial charge in [-0.25, -0.2) is 9.97 Å². The van der Waals surface area contributed by atoms with Crippen LogP contribution in [0.5, 0.6) is 0 Å². The highest BCUT2D eigenvalue weighted by Gasteiger charge is 2.09. The minimum atomic E-state index is 0.0212. The fourth-order valence-corrected chi connectivity index (χ4v) is 2.83. The van der Waals surface area contributed by atoms with Gasteiger partial charge in [-0.2, -0.15) is 0 Å². The van der Waals surface area contributed by atoms with Gasteiger partial charge in [0.15, 0.2) is 0 Å². The predicted molar refractivity (Wildman–Crippen MR) is 79.0 cm³/mol. The molecule has 2 aromatic heterocycles. The SMILES string of the molecule is CCNC(=O)CCNc1nc(Cl)nc2sc(C)cc12. The van der Waals surface area contributed by atoms with Crippen LogP contribution in [-0.2, 0) is 4.79 Å². The Hall–Kier alpha value is -1.40. The number of hydrogen-bond acceptors (Lipinski definition) is 5. The van der Waals surface area contributed by atoms with Gasteiger partial charge in [0.2, 0.25) is 11.2 Å². The summed E-state index contributed by atoms with van der Waals surface area (Å²) in [5.74, 6) is 0.705. The Kier molecular flexibility index (Phi) is 4.55. The number of hydrogen-bond donors (Lipinski definition) is 2. The maximum absolute atomic E-state index is 11.4. The van der Waals surface area contributed by atoms with Crippen LogP contribution in [0.25, 0.3) is 10.2 Å². The van der Waals surface area contributed by atoms with Crippen molar-refractivity contribution in [3.8, 4) is 0 Å². The van der Waals surface area contributed by atoms with Gasteiger partial charge in [0.05, 0.1) is 5.39 Å². The van der Waals surface area contributed by atoms with Gasteiger partial charge in [-0.1, -0.05) is 0 Å². The Morgan fingerprint density at radius 2 is 2.26 bits per heavy atom. The average Bonchev–Trinajstić information content (AvgIpc) is 2.69. The van der Waals surface area contributed by atoms with Crippen LogP contribution in [0, 0.1) is 6.92 Å². The van der Waals surface area contributed by atoms with Crippen LogP contribution in [0.1, 0.15) is 18.2 Å². The monoisotopic (exact) mass is 298 g/mol. The molecule has 7 heteroatoms. The van der Waals surface area contributed by atoms with Gasteiger partial charge in [-0.15, -0.1) is 11.3 Å². The number of carbonyl (C=O) groups excluding carboxylic acids is 1. The number of rotatable bonds is 5. The van der Waals surface area contributed by atoms with Gasteiger partial charge >= 0.3 is 0 Å². The molecular weight excluding hydrogens is 284 g/mol. The number of aromatic nitrogens is 2. The van der Waals surface area contributed by atoms with Gasteiger partial charge < -0.3 is 10.6 Å². The summed E-state index contributed by atoms with van der Waals surface area (Å²) in [5.41, 5.74) is 0. The topological polar surface area (TPSA) is 66.9 Å². The first kappa shape index (κ1) is 14.0. The van der Waals surface area contributed by atoms with E-state index in [1.807, 2.05) is 19.9 Å². The zero-order chi connectivity index (χ0) is 13.8. The highest BCUT2D eigenvalue weighted by Crippen LogP contribution is 2.29. The Bertz CT molecular complexity index is 599. The number of amides is 1. The molecule has 0 atom stereocenters. The normalized spacial score (nSPS) is 10.7. The number of carbonyl (C=O) groups is 1. The van der Waals surface area contributed by atoms with Crippen molar-refractivity contribution in [1.29, 1.82) is 0 Å². The van der Waals surface area contributed by atoms with Gasteiger partial charge in [-0.05, 0) is 31.5 Å². The summed E-state index contributed by atoms with van der Waals surface area (Å²) in [6.07, 6.45) is 0.403. The highest BCUT2D eigenvalue weighted by molar-refractivity contribution is 7.18. The number of fused-ring (bicyclic) bond motifs is 1. The quantitative estimate of drug-likeness (QED) is 0.833. The molecule has 0 unspecified atom stereocenters. The van der Waals surface area contributed by atoms with E-state index < -0.39 is 0 Å². The molecule has 2 rings (SSSR count). The Labute approximate surface area is 120 Å². The van der Waals surface area contributed by atoms with Crippen molar-refractivity contribution < 1.29 is 4.79 Å². The van der Waals surface area contributed by atoms with E-state index in [0.29, 0.717) is 25.3 Å². The van der Waals surface area contributed by atoms with Crippen molar-refractivity contribution in [1.82, 2.24) is 15.3 Å². The van der Waals surface area contributed by atoms with E-state index >= 15 is 0 Å². The number of halogens is 1. The fraction of sp³-hybridized carbons (Fsp3) is 0.417. The molecule has 0 bridgehead atoms. The molecule has 0 aliphatic heterocycles. The molecule has 102 valence electrons. The molecule has 1 amide bonds. The second-order valence-corrected chi connectivity index (χ2v) is 5.62. The molecule has 0 fully saturated rings. The lowest BCUT2D eigenvalue weighted by Crippen LogP contribution is -2.24. The fourth-order valence-electron chi connectivity index (χ4n) is 1.73. The van der Waals surface area contributed by atoms with Gasteiger partial charge in [0, 0.05) is 24.4 Å². The Morgan fingerprint density at radius 3 is 3.00 bits per heavy atom. The average molecular weight is 299 g/mol. The molecule has 19 heavy (non-hydrogen) atoms. The first-order valence-corrected chi connectivity index (χ1v) is 7.24. The van der Waals surface area contributed by atoms with E-state index in [4.69, 9.17) is 11.6 Å². The van der Waals surface area contributed by atoms with Crippen molar-refractivity contribution in [3.05, 3.63) is 16.2 Å². The summed E-state index contributed by atoms with van der Waals surface area (Å²) in [6.45, 7) is 5.07. The third-order valence-electron chi connectivity index (χ3n) is 2.51. The third-order valence-corrected chi connectivity index (χ3v) is 3.62. The number of aryl methyl sites for hydroxylation is 1. The number of thiophene rings is 1. The maximum Gasteiger partial charge on any atom is 0.225 e. The van der Waals surface area contributed by atoms with Crippen LogP contribution in [0.4, 0.5) is 5.82 Å². The Balaban J connectivity index is 2.09. The summed E-state index contributed by atoms with van der Waals surface area (Å²) in [5, 5.41) is 7.05. The number of anilines is 1. The molecule has 0 saturated heterocycles. The largest absolute Gasteiger partial charge is 0.369 e. The van der Waals surface area contributed by atoms with Crippen molar-refractivity contribution >= 4 is 44.9 Å². The van der Waals surface area contributed by atoms with Crippen LogP contribution in [0.2, 0.25) is 5.28 Å². The molecule has 2 aromatic rings. The third kappa shape index (κ3) is 3.54. The van der Waals surface area contributed by atoms with E-state index in [0.717, 1.165) is 15.1 Å². The summed E-state index contributed by atoms with van der Waals surface area (Å²) in [4.78, 5) is 21.7. The van der Waals surface area contributed by atoms with E-state index in [2.05, 4.69) is 20.6 Å². The van der Waals surface area contributed by atoms with Crippen molar-refractivity contribution in [3.63, 3.8) is 0 Å². The standard InChI is InChI=1S/C12H15ClN4OS/c1-3-14-9(18)4-5-15-10-8-6-7(2)19-11(8)17-12(13)16-10/h6H,3-5H2,1-2H3,(H,14,18)(H,15,16,17). The van der Waals surface area contributed by atoms with Crippen molar-refractivity contribution in [2.45, 2.75) is 20.3 Å². The zero-order valence-electron chi connectivity index (χ0n) is 10.8. The predicted octanol–water partition coefficient (Wildman–Crippen LogP) is 2.59. The molecule has 5 nitrogen and oxygen atoms in total. The first-order chi connectivity index (χ1) is 9.10. The second-order valence-electron chi connectivity index (χ2n) is 4.05. The van der Waals surface area contributed by atoms with Gasteiger partial charge in [0.25, 0.3) is 0 Å². The lowest BCUT2D eigenvalue weighted by atomic mass is 10.3. The van der Waals surface area contributed by atoms with Crippen LogP contribution in [0.15, 0.2) is 6.07 Å². The summed E-state index contributed by atoms with van der Waals surface area (Å²) in [6, 6.07) is 2.02. The minimum absolute atomic E-state index is 0.0212. The van der Waals surface area contributed by atoms with Crippen LogP contribution in [-0.4, -0.2) is 29.0 Å². The van der Waals surface area contributed by atoms with Crippen LogP contribution in [0.3, 0.4) is 0 Å². The summed E-state index contributed by atoms with van der Waals surface area (Å²) in [7, 11) is 0. The lowest BCUT2D eigenvalue weighted by molar-refractivity contribution is -0.120.